The quantitative estimate of drug-likeness (QED) is 0.886. The van der Waals surface area contributed by atoms with Crippen LogP contribution >= 0.6 is 0 Å². The molecule has 1 aromatic carbocycles. The average Bonchev–Trinajstić information content (AvgIpc) is 3.33. The molecule has 2 aliphatic rings. The fraction of sp³-hybridized carbons (Fsp3) is 0.545. The lowest BCUT2D eigenvalue weighted by Gasteiger charge is -2.28. The molecule has 2 fully saturated rings. The number of para-hydroxylation sites is 1. The van der Waals surface area contributed by atoms with E-state index in [4.69, 9.17) is 0 Å². The second kappa shape index (κ2) is 6.90. The van der Waals surface area contributed by atoms with Crippen LogP contribution in [0.25, 0.3) is 5.69 Å². The van der Waals surface area contributed by atoms with Crippen LogP contribution in [0.4, 0.5) is 0 Å². The molecule has 4 heteroatoms. The first-order valence-corrected chi connectivity index (χ1v) is 9.92. The summed E-state index contributed by atoms with van der Waals surface area (Å²) < 4.78 is 1.94. The van der Waals surface area contributed by atoms with Gasteiger partial charge in [-0.25, -0.2) is 4.68 Å². The first-order chi connectivity index (χ1) is 12.5. The molecule has 0 spiro atoms. The van der Waals surface area contributed by atoms with E-state index in [1.165, 1.54) is 25.7 Å². The molecular formula is C22H29N3O. The highest BCUT2D eigenvalue weighted by Crippen LogP contribution is 2.49. The molecule has 2 aromatic rings. The van der Waals surface area contributed by atoms with Crippen molar-refractivity contribution in [3.05, 3.63) is 47.3 Å². The smallest absolute Gasteiger partial charge is 0.224 e. The fourth-order valence-corrected chi connectivity index (χ4v) is 5.23. The van der Waals surface area contributed by atoms with Gasteiger partial charge in [-0.1, -0.05) is 24.6 Å². The Balaban J connectivity index is 1.44. The predicted octanol–water partition coefficient (Wildman–Crippen LogP) is 3.97. The number of carbonyl (C=O) groups is 1. The van der Waals surface area contributed by atoms with Crippen molar-refractivity contribution in [3.63, 3.8) is 0 Å². The molecule has 0 radical (unpaired) electrons. The van der Waals surface area contributed by atoms with E-state index < -0.39 is 0 Å². The summed E-state index contributed by atoms with van der Waals surface area (Å²) >= 11 is 0. The summed E-state index contributed by atoms with van der Waals surface area (Å²) in [7, 11) is 0. The molecule has 1 amide bonds. The van der Waals surface area contributed by atoms with E-state index in [-0.39, 0.29) is 11.9 Å². The van der Waals surface area contributed by atoms with Crippen LogP contribution in [0.1, 0.15) is 49.6 Å². The van der Waals surface area contributed by atoms with E-state index in [9.17, 15) is 4.79 Å². The summed E-state index contributed by atoms with van der Waals surface area (Å²) in [4.78, 5) is 12.7. The van der Waals surface area contributed by atoms with Gasteiger partial charge < -0.3 is 5.32 Å². The average molecular weight is 351 g/mol. The van der Waals surface area contributed by atoms with Gasteiger partial charge in [-0.2, -0.15) is 5.10 Å². The molecule has 26 heavy (non-hydrogen) atoms. The highest BCUT2D eigenvalue weighted by Gasteiger charge is 2.42. The summed E-state index contributed by atoms with van der Waals surface area (Å²) in [5.74, 6) is 2.54. The Morgan fingerprint density at radius 3 is 2.65 bits per heavy atom. The number of aromatic nitrogens is 2. The van der Waals surface area contributed by atoms with E-state index in [0.29, 0.717) is 12.3 Å². The van der Waals surface area contributed by atoms with E-state index in [0.717, 1.165) is 34.5 Å². The van der Waals surface area contributed by atoms with Crippen LogP contribution in [0.5, 0.6) is 0 Å². The minimum atomic E-state index is 0.124. The molecule has 2 saturated carbocycles. The van der Waals surface area contributed by atoms with Gasteiger partial charge in [-0.05, 0) is 69.9 Å². The molecule has 2 aliphatic carbocycles. The maximum Gasteiger partial charge on any atom is 0.224 e. The van der Waals surface area contributed by atoms with Crippen molar-refractivity contribution in [2.75, 3.05) is 0 Å². The number of carbonyl (C=O) groups excluding carboxylic acids is 1. The van der Waals surface area contributed by atoms with Crippen molar-refractivity contribution >= 4 is 5.91 Å². The molecule has 1 aromatic heterocycles. The number of rotatable bonds is 5. The topological polar surface area (TPSA) is 46.9 Å². The molecule has 2 bridgehead atoms. The highest BCUT2D eigenvalue weighted by atomic mass is 16.1. The summed E-state index contributed by atoms with van der Waals surface area (Å²) in [5, 5.41) is 7.94. The first-order valence-electron chi connectivity index (χ1n) is 9.92. The lowest BCUT2D eigenvalue weighted by Crippen LogP contribution is -2.40. The van der Waals surface area contributed by atoms with Crippen molar-refractivity contribution in [1.29, 1.82) is 0 Å². The number of hydrogen-bond acceptors (Lipinski definition) is 2. The Bertz CT molecular complexity index is 795. The van der Waals surface area contributed by atoms with Gasteiger partial charge in [0.25, 0.3) is 0 Å². The maximum absolute atomic E-state index is 12.7. The molecule has 4 atom stereocenters. The van der Waals surface area contributed by atoms with Crippen molar-refractivity contribution in [3.8, 4) is 5.69 Å². The maximum atomic E-state index is 12.7. The zero-order valence-corrected chi connectivity index (χ0v) is 16.0. The fourth-order valence-electron chi connectivity index (χ4n) is 5.23. The largest absolute Gasteiger partial charge is 0.353 e. The summed E-state index contributed by atoms with van der Waals surface area (Å²) in [5.41, 5.74) is 4.08. The number of aryl methyl sites for hydroxylation is 1. The Kier molecular flexibility index (Phi) is 4.60. The van der Waals surface area contributed by atoms with Gasteiger partial charge in [0.05, 0.1) is 17.8 Å². The van der Waals surface area contributed by atoms with Crippen LogP contribution in [-0.2, 0) is 11.2 Å². The Morgan fingerprint density at radius 1 is 1.23 bits per heavy atom. The van der Waals surface area contributed by atoms with Gasteiger partial charge in [0.15, 0.2) is 0 Å². The van der Waals surface area contributed by atoms with Crippen molar-refractivity contribution in [2.24, 2.45) is 17.8 Å². The van der Waals surface area contributed by atoms with Gasteiger partial charge in [-0.3, -0.25) is 4.79 Å². The first kappa shape index (κ1) is 17.3. The second-order valence-electron chi connectivity index (χ2n) is 8.27. The third-order valence-electron chi connectivity index (χ3n) is 6.60. The minimum Gasteiger partial charge on any atom is -0.353 e. The molecular weight excluding hydrogens is 322 g/mol. The van der Waals surface area contributed by atoms with Crippen LogP contribution in [0.3, 0.4) is 0 Å². The lowest BCUT2D eigenvalue weighted by molar-refractivity contribution is -0.121. The van der Waals surface area contributed by atoms with Crippen LogP contribution in [0.2, 0.25) is 0 Å². The van der Waals surface area contributed by atoms with Crippen molar-refractivity contribution in [1.82, 2.24) is 15.1 Å². The van der Waals surface area contributed by atoms with Gasteiger partial charge in [0.2, 0.25) is 5.91 Å². The summed E-state index contributed by atoms with van der Waals surface area (Å²) in [6, 6.07) is 10.4. The van der Waals surface area contributed by atoms with Gasteiger partial charge in [0.1, 0.15) is 0 Å². The third-order valence-corrected chi connectivity index (χ3v) is 6.60. The molecule has 138 valence electrons. The Morgan fingerprint density at radius 2 is 2.00 bits per heavy atom. The Hall–Kier alpha value is -2.10. The van der Waals surface area contributed by atoms with E-state index in [2.05, 4.69) is 24.3 Å². The Labute approximate surface area is 156 Å². The third kappa shape index (κ3) is 3.17. The number of nitrogens with zero attached hydrogens (tertiary/aromatic N) is 2. The van der Waals surface area contributed by atoms with E-state index >= 15 is 0 Å². The lowest BCUT2D eigenvalue weighted by atomic mass is 9.84. The van der Waals surface area contributed by atoms with Gasteiger partial charge in [0, 0.05) is 17.3 Å². The number of nitrogens with one attached hydrogen (secondary N) is 1. The van der Waals surface area contributed by atoms with E-state index in [1.807, 2.05) is 41.9 Å². The second-order valence-corrected chi connectivity index (χ2v) is 8.27. The molecule has 0 saturated heterocycles. The summed E-state index contributed by atoms with van der Waals surface area (Å²) in [6.45, 7) is 6.24. The predicted molar refractivity (Wildman–Crippen MR) is 103 cm³/mol. The van der Waals surface area contributed by atoms with Crippen molar-refractivity contribution in [2.45, 2.75) is 58.9 Å². The number of benzene rings is 1. The molecule has 4 nitrogen and oxygen atoms in total. The van der Waals surface area contributed by atoms with E-state index in [1.54, 1.807) is 0 Å². The number of fused-ring (bicyclic) bond motifs is 2. The van der Waals surface area contributed by atoms with Crippen LogP contribution in [-0.4, -0.2) is 21.7 Å². The van der Waals surface area contributed by atoms with Gasteiger partial charge in [-0.15, -0.1) is 0 Å². The molecule has 0 aliphatic heterocycles. The SMILES string of the molecule is Cc1nn(-c2ccccc2)c(C)c1CC(=O)NC(C)C1CC2CCC1C2. The molecule has 4 unspecified atom stereocenters. The number of amides is 1. The van der Waals surface area contributed by atoms with Crippen molar-refractivity contribution < 1.29 is 4.79 Å². The number of hydrogen-bond donors (Lipinski definition) is 1. The highest BCUT2D eigenvalue weighted by molar-refractivity contribution is 5.79. The monoisotopic (exact) mass is 351 g/mol. The van der Waals surface area contributed by atoms with Gasteiger partial charge >= 0.3 is 0 Å². The minimum absolute atomic E-state index is 0.124. The van der Waals surface area contributed by atoms with Crippen LogP contribution < -0.4 is 5.32 Å². The van der Waals surface area contributed by atoms with Crippen LogP contribution in [0.15, 0.2) is 30.3 Å². The normalized spacial score (nSPS) is 25.4. The zero-order chi connectivity index (χ0) is 18.3. The zero-order valence-electron chi connectivity index (χ0n) is 16.0. The standard InChI is InChI=1S/C22H29N3O/c1-14(21-12-17-9-10-18(21)11-17)23-22(26)13-20-15(2)24-25(16(20)3)19-7-5-4-6-8-19/h4-8,14,17-18,21H,9-13H2,1-3H3,(H,23,26). The molecule has 1 N–H and O–H groups in total. The summed E-state index contributed by atoms with van der Waals surface area (Å²) in [6.07, 6.45) is 5.86. The molecule has 1 heterocycles. The van der Waals surface area contributed by atoms with Crippen LogP contribution in [0, 0.1) is 31.6 Å². The molecule has 4 rings (SSSR count).